The van der Waals surface area contributed by atoms with Crippen LogP contribution in [-0.2, 0) is 27.9 Å². The average Bonchev–Trinajstić information content (AvgIpc) is 3.41. The third-order valence-electron chi connectivity index (χ3n) is 11.6. The van der Waals surface area contributed by atoms with Crippen molar-refractivity contribution in [3.63, 3.8) is 0 Å². The van der Waals surface area contributed by atoms with Gasteiger partial charge in [-0.1, -0.05) is 13.0 Å². The summed E-state index contributed by atoms with van der Waals surface area (Å²) in [5.41, 5.74) is 3.58. The molecule has 4 saturated carbocycles. The van der Waals surface area contributed by atoms with Gasteiger partial charge in [0.1, 0.15) is 11.7 Å². The fourth-order valence-corrected chi connectivity index (χ4v) is 10.1. The lowest BCUT2D eigenvalue weighted by Crippen LogP contribution is -2.83. The molecule has 7 aliphatic rings. The van der Waals surface area contributed by atoms with E-state index in [2.05, 4.69) is 24.0 Å². The summed E-state index contributed by atoms with van der Waals surface area (Å²) in [5.74, 6) is 2.76. The van der Waals surface area contributed by atoms with Crippen molar-refractivity contribution in [1.82, 2.24) is 4.90 Å². The van der Waals surface area contributed by atoms with Crippen molar-refractivity contribution in [3.05, 3.63) is 47.4 Å². The molecule has 0 radical (unpaired) electrons. The van der Waals surface area contributed by atoms with Gasteiger partial charge in [0, 0.05) is 47.1 Å². The van der Waals surface area contributed by atoms with Gasteiger partial charge in [0.25, 0.3) is 0 Å². The van der Waals surface area contributed by atoms with Crippen LogP contribution in [0.2, 0.25) is 0 Å². The number of hydrogen-bond acceptors (Lipinski definition) is 6. The van der Waals surface area contributed by atoms with Crippen molar-refractivity contribution < 1.29 is 23.4 Å². The van der Waals surface area contributed by atoms with Crippen molar-refractivity contribution in [1.29, 1.82) is 0 Å². The van der Waals surface area contributed by atoms with E-state index in [-0.39, 0.29) is 22.3 Å². The number of rotatable bonds is 8. The van der Waals surface area contributed by atoms with E-state index < -0.39 is 5.60 Å². The molecule has 198 valence electrons. The van der Waals surface area contributed by atoms with Gasteiger partial charge in [0.05, 0.1) is 32.8 Å². The predicted molar refractivity (Wildman–Crippen MR) is 138 cm³/mol. The minimum atomic E-state index is -0.410. The predicted octanol–water partition coefficient (Wildman–Crippen LogP) is 5.12. The lowest BCUT2D eigenvalue weighted by Gasteiger charge is -2.76. The molecule has 0 amide bonds. The maximum Gasteiger partial charge on any atom is 0.165 e. The van der Waals surface area contributed by atoms with Crippen LogP contribution in [0.5, 0.6) is 11.5 Å². The molecule has 37 heavy (non-hydrogen) atoms. The van der Waals surface area contributed by atoms with Crippen molar-refractivity contribution in [2.24, 2.45) is 16.7 Å². The highest BCUT2D eigenvalue weighted by Crippen LogP contribution is 2.79. The Morgan fingerprint density at radius 2 is 2.00 bits per heavy atom. The van der Waals surface area contributed by atoms with E-state index in [1.807, 2.05) is 13.2 Å². The van der Waals surface area contributed by atoms with Gasteiger partial charge in [-0.25, -0.2) is 0 Å². The summed E-state index contributed by atoms with van der Waals surface area (Å²) in [4.78, 5) is 2.89. The first kappa shape index (κ1) is 22.9. The SMILES string of the molecule is COc1ccc2c3c1O[C@H]1C4(OC)CC[C@@]5(C[C@]4(C)COCc4ccoc4)[C@@H](C2)N(CC2CC2)CC[C@]315. The summed E-state index contributed by atoms with van der Waals surface area (Å²) in [5, 5.41) is 0. The van der Waals surface area contributed by atoms with Gasteiger partial charge in [-0.2, -0.15) is 0 Å². The molecular formula is C31H39NO5. The zero-order valence-electron chi connectivity index (χ0n) is 22.4. The number of furan rings is 1. The standard InChI is InChI=1S/C31H39NO5/c1-28(19-36-17-21-8-13-35-16-21)18-29-9-10-31(28,34-3)27-30(29)11-12-32(15-20-4-5-20)24(29)14-22-6-7-23(33-2)26(37-27)25(22)30/h6-8,13,16,20,24,27H,4-5,9-12,14-15,17-19H2,1-3H3/t24-,27-,28-,29-,30+,31?/m1/s1. The highest BCUT2D eigenvalue weighted by atomic mass is 16.6. The number of ether oxygens (including phenoxy) is 4. The van der Waals surface area contributed by atoms with Gasteiger partial charge < -0.3 is 23.4 Å². The van der Waals surface area contributed by atoms with Crippen LogP contribution in [0.15, 0.2) is 35.1 Å². The van der Waals surface area contributed by atoms with Gasteiger partial charge in [-0.3, -0.25) is 4.90 Å². The average molecular weight is 506 g/mol. The first-order valence-electron chi connectivity index (χ1n) is 14.3. The zero-order chi connectivity index (χ0) is 25.0. The lowest BCUT2D eigenvalue weighted by atomic mass is 9.32. The topological polar surface area (TPSA) is 53.3 Å². The fourth-order valence-electron chi connectivity index (χ4n) is 10.1. The van der Waals surface area contributed by atoms with E-state index >= 15 is 0 Å². The van der Waals surface area contributed by atoms with E-state index in [4.69, 9.17) is 23.4 Å². The molecule has 2 aromatic rings. The Labute approximate surface area is 219 Å². The molecule has 9 rings (SSSR count). The molecule has 1 aromatic heterocycles. The van der Waals surface area contributed by atoms with Crippen LogP contribution in [0.3, 0.4) is 0 Å². The van der Waals surface area contributed by atoms with E-state index in [1.54, 1.807) is 19.6 Å². The maximum atomic E-state index is 7.16. The van der Waals surface area contributed by atoms with E-state index in [0.717, 1.165) is 55.2 Å². The molecule has 2 spiro atoms. The second kappa shape index (κ2) is 7.55. The summed E-state index contributed by atoms with van der Waals surface area (Å²) in [6.45, 7) is 6.05. The van der Waals surface area contributed by atoms with E-state index in [9.17, 15) is 0 Å². The van der Waals surface area contributed by atoms with Crippen LogP contribution < -0.4 is 9.47 Å². The molecule has 0 N–H and O–H groups in total. The summed E-state index contributed by atoms with van der Waals surface area (Å²) >= 11 is 0. The number of nitrogens with zero attached hydrogens (tertiary/aromatic N) is 1. The van der Waals surface area contributed by atoms with Gasteiger partial charge in [-0.05, 0) is 75.1 Å². The number of methoxy groups -OCH3 is 2. The zero-order valence-corrected chi connectivity index (χ0v) is 22.4. The van der Waals surface area contributed by atoms with Crippen molar-refractivity contribution in [2.45, 2.75) is 81.6 Å². The van der Waals surface area contributed by atoms with Gasteiger partial charge >= 0.3 is 0 Å². The minimum Gasteiger partial charge on any atom is -0.493 e. The number of fused-ring (bicyclic) bond motifs is 2. The highest BCUT2D eigenvalue weighted by Gasteiger charge is 2.83. The van der Waals surface area contributed by atoms with Crippen LogP contribution in [0.25, 0.3) is 0 Å². The number of hydrogen-bond donors (Lipinski definition) is 0. The molecule has 4 bridgehead atoms. The van der Waals surface area contributed by atoms with Crippen LogP contribution in [0.4, 0.5) is 0 Å². The van der Waals surface area contributed by atoms with Gasteiger partial charge in [0.15, 0.2) is 11.5 Å². The summed E-state index contributed by atoms with van der Waals surface area (Å²) in [6.07, 6.45) is 11.9. The minimum absolute atomic E-state index is 0.0203. The Bertz CT molecular complexity index is 1220. The quantitative estimate of drug-likeness (QED) is 0.497. The molecule has 1 aromatic carbocycles. The molecular weight excluding hydrogens is 466 g/mol. The Balaban J connectivity index is 1.27. The monoisotopic (exact) mass is 505 g/mol. The largest absolute Gasteiger partial charge is 0.493 e. The van der Waals surface area contributed by atoms with Crippen molar-refractivity contribution in [2.75, 3.05) is 33.9 Å². The highest BCUT2D eigenvalue weighted by molar-refractivity contribution is 5.64. The number of piperidine rings is 1. The lowest BCUT2D eigenvalue weighted by molar-refractivity contribution is -0.314. The fraction of sp³-hybridized carbons (Fsp3) is 0.677. The summed E-state index contributed by atoms with van der Waals surface area (Å²) < 4.78 is 31.5. The molecule has 1 saturated heterocycles. The second-order valence-corrected chi connectivity index (χ2v) is 13.1. The third kappa shape index (κ3) is 2.67. The molecule has 5 aliphatic carbocycles. The second-order valence-electron chi connectivity index (χ2n) is 13.1. The molecule has 6 nitrogen and oxygen atoms in total. The Hall–Kier alpha value is -2.02. The molecule has 6 heteroatoms. The summed E-state index contributed by atoms with van der Waals surface area (Å²) in [6, 6.07) is 7.00. The number of likely N-dealkylation sites (tertiary alicyclic amines) is 1. The Morgan fingerprint density at radius 3 is 2.76 bits per heavy atom. The van der Waals surface area contributed by atoms with Gasteiger partial charge in [-0.15, -0.1) is 0 Å². The summed E-state index contributed by atoms with van der Waals surface area (Å²) in [7, 11) is 3.69. The Morgan fingerprint density at radius 1 is 1.11 bits per heavy atom. The van der Waals surface area contributed by atoms with Gasteiger partial charge in [0.2, 0.25) is 0 Å². The smallest absolute Gasteiger partial charge is 0.165 e. The van der Waals surface area contributed by atoms with Crippen LogP contribution in [0.1, 0.15) is 62.1 Å². The van der Waals surface area contributed by atoms with Crippen LogP contribution >= 0.6 is 0 Å². The Kier molecular flexibility index (Phi) is 4.67. The molecule has 3 heterocycles. The van der Waals surface area contributed by atoms with E-state index in [0.29, 0.717) is 19.3 Å². The third-order valence-corrected chi connectivity index (χ3v) is 11.6. The van der Waals surface area contributed by atoms with Crippen LogP contribution in [-0.4, -0.2) is 56.6 Å². The molecule has 1 unspecified atom stereocenters. The normalized spacial score (nSPS) is 40.9. The molecule has 6 atom stereocenters. The van der Waals surface area contributed by atoms with Crippen molar-refractivity contribution in [3.8, 4) is 11.5 Å². The first-order valence-corrected chi connectivity index (χ1v) is 14.3. The van der Waals surface area contributed by atoms with E-state index in [1.165, 1.54) is 36.9 Å². The number of benzene rings is 1. The molecule has 5 fully saturated rings. The van der Waals surface area contributed by atoms with Crippen LogP contribution in [0, 0.1) is 16.7 Å². The maximum absolute atomic E-state index is 7.16. The molecule has 2 aliphatic heterocycles. The first-order chi connectivity index (χ1) is 18.0. The van der Waals surface area contributed by atoms with Crippen molar-refractivity contribution >= 4 is 0 Å².